The minimum atomic E-state index is -0.495. The molecule has 0 aliphatic rings. The number of benzene rings is 3. The molecule has 0 aliphatic carbocycles. The Hall–Kier alpha value is -2.95. The van der Waals surface area contributed by atoms with Crippen molar-refractivity contribution in [2.45, 2.75) is 0 Å². The van der Waals surface area contributed by atoms with Crippen molar-refractivity contribution in [1.82, 2.24) is 9.97 Å². The molecule has 4 rings (SSSR count). The number of hydrogen-bond acceptors (Lipinski definition) is 6. The van der Waals surface area contributed by atoms with Crippen LogP contribution < -0.4 is 0 Å². The van der Waals surface area contributed by atoms with E-state index in [1.54, 1.807) is 18.2 Å². The van der Waals surface area contributed by atoms with Gasteiger partial charge in [-0.3, -0.25) is 15.1 Å². The molecule has 4 aromatic rings. The Morgan fingerprint density at radius 3 is 2.65 bits per heavy atom. The molecule has 0 saturated heterocycles. The number of aromatic amines is 1. The fraction of sp³-hybridized carbons (Fsp3) is 0. The van der Waals surface area contributed by atoms with E-state index >= 15 is 0 Å². The lowest BCUT2D eigenvalue weighted by molar-refractivity contribution is -0.384. The first kappa shape index (κ1) is 21.3. The van der Waals surface area contributed by atoms with Gasteiger partial charge in [0.25, 0.3) is 5.69 Å². The van der Waals surface area contributed by atoms with Crippen molar-refractivity contribution in [2.75, 3.05) is 0 Å². The van der Waals surface area contributed by atoms with Gasteiger partial charge in [0.1, 0.15) is 21.8 Å². The monoisotopic (exact) mass is 564 g/mol. The van der Waals surface area contributed by atoms with E-state index in [2.05, 4.69) is 46.8 Å². The lowest BCUT2D eigenvalue weighted by atomic mass is 10.2. The number of aromatic nitrogens is 2. The van der Waals surface area contributed by atoms with Crippen molar-refractivity contribution >= 4 is 72.1 Å². The number of nitro benzene ring substituents is 1. The number of rotatable bonds is 4. The highest BCUT2D eigenvalue weighted by Gasteiger charge is 2.15. The average Bonchev–Trinajstić information content (AvgIpc) is 3.17. The molecule has 3 N–H and O–H groups in total. The van der Waals surface area contributed by atoms with Gasteiger partial charge >= 0.3 is 0 Å². The molecular formula is C20H11Br2ClN4O4. The number of imidazole rings is 1. The summed E-state index contributed by atoms with van der Waals surface area (Å²) in [6.07, 6.45) is 1.46. The van der Waals surface area contributed by atoms with Crippen LogP contribution in [0.5, 0.6) is 11.5 Å². The lowest BCUT2D eigenvalue weighted by Gasteiger charge is -2.06. The third-order valence-electron chi connectivity index (χ3n) is 4.43. The first-order chi connectivity index (χ1) is 14.7. The highest BCUT2D eigenvalue weighted by molar-refractivity contribution is 9.11. The predicted octanol–water partition coefficient (Wildman–Crippen LogP) is 6.48. The molecule has 31 heavy (non-hydrogen) atoms. The van der Waals surface area contributed by atoms with Gasteiger partial charge in [0.2, 0.25) is 0 Å². The van der Waals surface area contributed by atoms with Gasteiger partial charge in [-0.1, -0.05) is 11.6 Å². The number of non-ortho nitro benzene ring substituents is 1. The number of aromatic hydroxyl groups is 2. The van der Waals surface area contributed by atoms with E-state index in [4.69, 9.17) is 11.6 Å². The molecule has 0 radical (unpaired) electrons. The summed E-state index contributed by atoms with van der Waals surface area (Å²) < 4.78 is 0.562. The van der Waals surface area contributed by atoms with E-state index in [1.807, 2.05) is 0 Å². The first-order valence-corrected chi connectivity index (χ1v) is 10.6. The Kier molecular flexibility index (Phi) is 5.69. The van der Waals surface area contributed by atoms with Crippen LogP contribution in [0.3, 0.4) is 0 Å². The van der Waals surface area contributed by atoms with Crippen molar-refractivity contribution < 1.29 is 15.1 Å². The Morgan fingerprint density at radius 1 is 1.13 bits per heavy atom. The van der Waals surface area contributed by atoms with Gasteiger partial charge in [0.05, 0.1) is 31.1 Å². The van der Waals surface area contributed by atoms with E-state index in [-0.39, 0.29) is 21.7 Å². The second-order valence-corrected chi connectivity index (χ2v) is 8.48. The van der Waals surface area contributed by atoms with Crippen molar-refractivity contribution in [3.8, 4) is 22.9 Å². The van der Waals surface area contributed by atoms with E-state index in [9.17, 15) is 20.3 Å². The zero-order valence-corrected chi connectivity index (χ0v) is 19.2. The second-order valence-electron chi connectivity index (χ2n) is 6.43. The molecule has 1 aromatic heterocycles. The molecular weight excluding hydrogens is 556 g/mol. The van der Waals surface area contributed by atoms with Gasteiger partial charge in [0, 0.05) is 29.5 Å². The molecule has 0 fully saturated rings. The zero-order chi connectivity index (χ0) is 22.3. The molecule has 0 atom stereocenters. The van der Waals surface area contributed by atoms with Crippen molar-refractivity contribution in [3.05, 3.63) is 72.1 Å². The number of phenols is 2. The van der Waals surface area contributed by atoms with Crippen molar-refractivity contribution in [1.29, 1.82) is 0 Å². The highest BCUT2D eigenvalue weighted by atomic mass is 79.9. The lowest BCUT2D eigenvalue weighted by Crippen LogP contribution is -1.90. The summed E-state index contributed by atoms with van der Waals surface area (Å²) in [6, 6.07) is 10.9. The molecule has 0 aliphatic heterocycles. The van der Waals surface area contributed by atoms with Gasteiger partial charge in [0.15, 0.2) is 0 Å². The largest absolute Gasteiger partial charge is 0.506 e. The third kappa shape index (κ3) is 4.14. The summed E-state index contributed by atoms with van der Waals surface area (Å²) in [5.74, 6) is 0.143. The Morgan fingerprint density at radius 2 is 1.90 bits per heavy atom. The molecule has 156 valence electrons. The number of nitrogens with one attached hydrogen (secondary N) is 1. The van der Waals surface area contributed by atoms with Gasteiger partial charge < -0.3 is 15.2 Å². The van der Waals surface area contributed by atoms with Gasteiger partial charge in [-0.05, 0) is 62.2 Å². The van der Waals surface area contributed by atoms with Crippen LogP contribution in [0.1, 0.15) is 5.56 Å². The summed E-state index contributed by atoms with van der Waals surface area (Å²) in [5, 5.41) is 31.4. The molecule has 3 aromatic carbocycles. The molecule has 1 heterocycles. The molecule has 0 spiro atoms. The maximum atomic E-state index is 11.1. The van der Waals surface area contributed by atoms with E-state index in [0.717, 1.165) is 0 Å². The van der Waals surface area contributed by atoms with Crippen LogP contribution in [0, 0.1) is 10.1 Å². The number of halogens is 3. The number of nitrogens with zero attached hydrogens (tertiary/aromatic N) is 3. The average molecular weight is 567 g/mol. The molecule has 0 unspecified atom stereocenters. The molecule has 0 amide bonds. The number of aliphatic imine (C=N–C) groups is 1. The summed E-state index contributed by atoms with van der Waals surface area (Å²) in [7, 11) is 0. The second kappa shape index (κ2) is 8.29. The quantitative estimate of drug-likeness (QED) is 0.148. The zero-order valence-electron chi connectivity index (χ0n) is 15.3. The summed E-state index contributed by atoms with van der Waals surface area (Å²) in [4.78, 5) is 22.5. The van der Waals surface area contributed by atoms with Crippen LogP contribution in [-0.2, 0) is 0 Å². The van der Waals surface area contributed by atoms with Crippen LogP contribution >= 0.6 is 43.5 Å². The number of nitro groups is 1. The third-order valence-corrected chi connectivity index (χ3v) is 6.12. The van der Waals surface area contributed by atoms with E-state index < -0.39 is 4.92 Å². The van der Waals surface area contributed by atoms with E-state index in [0.29, 0.717) is 43.2 Å². The first-order valence-electron chi connectivity index (χ1n) is 8.62. The maximum absolute atomic E-state index is 11.1. The van der Waals surface area contributed by atoms with Crippen LogP contribution in [0.4, 0.5) is 11.4 Å². The Balaban J connectivity index is 1.70. The molecule has 8 nitrogen and oxygen atoms in total. The van der Waals surface area contributed by atoms with Crippen LogP contribution in [0.2, 0.25) is 5.02 Å². The number of phenolic OH excluding ortho intramolecular Hbond substituents is 2. The van der Waals surface area contributed by atoms with Crippen molar-refractivity contribution in [3.63, 3.8) is 0 Å². The normalized spacial score (nSPS) is 11.5. The number of fused-ring (bicyclic) bond motifs is 1. The highest BCUT2D eigenvalue weighted by Crippen LogP contribution is 2.41. The maximum Gasteiger partial charge on any atom is 0.270 e. The fourth-order valence-electron chi connectivity index (χ4n) is 2.87. The van der Waals surface area contributed by atoms with Gasteiger partial charge in [-0.25, -0.2) is 4.98 Å². The van der Waals surface area contributed by atoms with Gasteiger partial charge in [-0.2, -0.15) is 0 Å². The summed E-state index contributed by atoms with van der Waals surface area (Å²) >= 11 is 12.6. The minimum absolute atomic E-state index is 0.0869. The Bertz CT molecular complexity index is 1390. The van der Waals surface area contributed by atoms with Gasteiger partial charge in [-0.15, -0.1) is 0 Å². The SMILES string of the molecule is O=[N+]([O-])c1ccc(Cl)c(-c2nc3ccc(N=Cc4cc(Br)c(O)c(Br)c4O)cc3[nH]2)c1. The number of H-pyrrole nitrogens is 1. The molecule has 0 saturated carbocycles. The minimum Gasteiger partial charge on any atom is -0.506 e. The predicted molar refractivity (Wildman–Crippen MR) is 126 cm³/mol. The fourth-order valence-corrected chi connectivity index (χ4v) is 4.23. The molecule has 11 heteroatoms. The molecule has 0 bridgehead atoms. The Labute approximate surface area is 196 Å². The topological polar surface area (TPSA) is 125 Å². The summed E-state index contributed by atoms with van der Waals surface area (Å²) in [6.45, 7) is 0. The van der Waals surface area contributed by atoms with Crippen LogP contribution in [0.15, 0.2) is 56.4 Å². The smallest absolute Gasteiger partial charge is 0.270 e. The summed E-state index contributed by atoms with van der Waals surface area (Å²) in [5.41, 5.74) is 2.59. The number of hydrogen-bond donors (Lipinski definition) is 3. The standard InChI is InChI=1S/C20H11Br2ClN4O4/c21-13-5-9(18(28)17(22)19(13)29)8-24-10-1-4-15-16(6-10)26-20(25-15)12-7-11(27(30)31)2-3-14(12)23/h1-8,28-29H,(H,25,26). The van der Waals surface area contributed by atoms with Crippen molar-refractivity contribution in [2.24, 2.45) is 4.99 Å². The van der Waals surface area contributed by atoms with Crippen LogP contribution in [0.25, 0.3) is 22.4 Å². The van der Waals surface area contributed by atoms with Crippen LogP contribution in [-0.4, -0.2) is 31.3 Å². The van der Waals surface area contributed by atoms with E-state index in [1.165, 1.54) is 30.5 Å².